The third-order valence-corrected chi connectivity index (χ3v) is 4.96. The molecule has 1 saturated carbocycles. The molecule has 0 saturated heterocycles. The van der Waals surface area contributed by atoms with Gasteiger partial charge in [-0.25, -0.2) is 4.39 Å². The number of amides is 2. The van der Waals surface area contributed by atoms with E-state index in [1.807, 2.05) is 13.0 Å². The van der Waals surface area contributed by atoms with E-state index < -0.39 is 0 Å². The van der Waals surface area contributed by atoms with Gasteiger partial charge in [0, 0.05) is 17.3 Å². The molecule has 1 fully saturated rings. The average molecular weight is 375 g/mol. The smallest absolute Gasteiger partial charge is 0.228 e. The van der Waals surface area contributed by atoms with Crippen molar-refractivity contribution in [2.24, 2.45) is 11.8 Å². The first-order chi connectivity index (χ1) is 12.5. The fourth-order valence-corrected chi connectivity index (χ4v) is 3.01. The molecule has 2 aromatic carbocycles. The van der Waals surface area contributed by atoms with Gasteiger partial charge in [-0.1, -0.05) is 35.9 Å². The van der Waals surface area contributed by atoms with Crippen molar-refractivity contribution in [3.8, 4) is 0 Å². The summed E-state index contributed by atoms with van der Waals surface area (Å²) < 4.78 is 13.5. The van der Waals surface area contributed by atoms with Crippen LogP contribution in [0.4, 0.5) is 10.1 Å². The Morgan fingerprint density at radius 2 is 1.88 bits per heavy atom. The van der Waals surface area contributed by atoms with Crippen molar-refractivity contribution >= 4 is 29.1 Å². The lowest BCUT2D eigenvalue weighted by atomic mass is 10.1. The molecule has 26 heavy (non-hydrogen) atoms. The predicted molar refractivity (Wildman–Crippen MR) is 99.5 cm³/mol. The highest BCUT2D eigenvalue weighted by Crippen LogP contribution is 2.39. The number of nitrogens with one attached hydrogen (secondary N) is 2. The lowest BCUT2D eigenvalue weighted by Gasteiger charge is -2.08. The summed E-state index contributed by atoms with van der Waals surface area (Å²) in [5, 5.41) is 6.16. The highest BCUT2D eigenvalue weighted by Gasteiger charge is 2.47. The second-order valence-electron chi connectivity index (χ2n) is 6.53. The van der Waals surface area contributed by atoms with Gasteiger partial charge in [-0.3, -0.25) is 9.59 Å². The number of anilines is 1. The van der Waals surface area contributed by atoms with Gasteiger partial charge in [0.05, 0.1) is 11.8 Å². The van der Waals surface area contributed by atoms with E-state index in [-0.39, 0.29) is 29.5 Å². The van der Waals surface area contributed by atoms with Gasteiger partial charge in [-0.05, 0) is 49.1 Å². The lowest BCUT2D eigenvalue weighted by molar-refractivity contribution is -0.125. The normalized spacial score (nSPS) is 18.3. The molecular formula is C20H20ClFN2O2. The SMILES string of the molecule is Cc1ccc(NC(=O)C2CC2C(=O)NCCc2ccccc2F)cc1Cl. The minimum Gasteiger partial charge on any atom is -0.356 e. The Morgan fingerprint density at radius 1 is 1.15 bits per heavy atom. The predicted octanol–water partition coefficient (Wildman–Crippen LogP) is 3.72. The molecule has 3 rings (SSSR count). The first kappa shape index (κ1) is 18.4. The van der Waals surface area contributed by atoms with Crippen LogP contribution in [0.25, 0.3) is 0 Å². The minimum absolute atomic E-state index is 0.163. The van der Waals surface area contributed by atoms with Crippen LogP contribution in [0.5, 0.6) is 0 Å². The van der Waals surface area contributed by atoms with Crippen molar-refractivity contribution in [2.45, 2.75) is 19.8 Å². The van der Waals surface area contributed by atoms with E-state index in [1.54, 1.807) is 30.3 Å². The van der Waals surface area contributed by atoms with Crippen LogP contribution in [0.1, 0.15) is 17.5 Å². The zero-order chi connectivity index (χ0) is 18.7. The Kier molecular flexibility index (Phi) is 5.57. The van der Waals surface area contributed by atoms with Crippen molar-refractivity contribution < 1.29 is 14.0 Å². The number of carbonyl (C=O) groups is 2. The molecule has 2 unspecified atom stereocenters. The largest absolute Gasteiger partial charge is 0.356 e. The van der Waals surface area contributed by atoms with Gasteiger partial charge in [0.2, 0.25) is 11.8 Å². The fraction of sp³-hybridized carbons (Fsp3) is 0.300. The molecule has 6 heteroatoms. The number of aryl methyl sites for hydroxylation is 1. The van der Waals surface area contributed by atoms with E-state index in [0.29, 0.717) is 35.7 Å². The van der Waals surface area contributed by atoms with Gasteiger partial charge in [0.1, 0.15) is 5.82 Å². The van der Waals surface area contributed by atoms with Crippen molar-refractivity contribution in [3.05, 3.63) is 64.4 Å². The maximum atomic E-state index is 13.5. The highest BCUT2D eigenvalue weighted by atomic mass is 35.5. The summed E-state index contributed by atoms with van der Waals surface area (Å²) in [5.41, 5.74) is 2.12. The molecular weight excluding hydrogens is 355 g/mol. The summed E-state index contributed by atoms with van der Waals surface area (Å²) in [6.07, 6.45) is 0.945. The quantitative estimate of drug-likeness (QED) is 0.809. The summed E-state index contributed by atoms with van der Waals surface area (Å²) in [5.74, 6) is -1.27. The molecule has 0 bridgehead atoms. The Balaban J connectivity index is 1.45. The molecule has 0 radical (unpaired) electrons. The zero-order valence-electron chi connectivity index (χ0n) is 14.4. The van der Waals surface area contributed by atoms with Crippen molar-refractivity contribution in [1.82, 2.24) is 5.32 Å². The van der Waals surface area contributed by atoms with Crippen LogP contribution in [-0.4, -0.2) is 18.4 Å². The van der Waals surface area contributed by atoms with Crippen LogP contribution < -0.4 is 10.6 Å². The van der Waals surface area contributed by atoms with Crippen LogP contribution in [0.15, 0.2) is 42.5 Å². The van der Waals surface area contributed by atoms with E-state index in [0.717, 1.165) is 5.56 Å². The number of halogens is 2. The fourth-order valence-electron chi connectivity index (χ4n) is 2.83. The summed E-state index contributed by atoms with van der Waals surface area (Å²) in [6, 6.07) is 11.8. The molecule has 4 nitrogen and oxygen atoms in total. The standard InChI is InChI=1S/C20H20ClFN2O2/c1-12-6-7-14(10-17(12)21)24-20(26)16-11-15(16)19(25)23-9-8-13-4-2-3-5-18(13)22/h2-7,10,15-16H,8-9,11H2,1H3,(H,23,25)(H,24,26). The topological polar surface area (TPSA) is 58.2 Å². The Labute approximate surface area is 156 Å². The third kappa shape index (κ3) is 4.41. The number of carbonyl (C=O) groups excluding carboxylic acids is 2. The molecule has 0 aromatic heterocycles. The Bertz CT molecular complexity index is 840. The zero-order valence-corrected chi connectivity index (χ0v) is 15.1. The van der Waals surface area contributed by atoms with Crippen molar-refractivity contribution in [2.75, 3.05) is 11.9 Å². The third-order valence-electron chi connectivity index (χ3n) is 4.55. The van der Waals surface area contributed by atoms with Crippen LogP contribution in [0, 0.1) is 24.6 Å². The summed E-state index contributed by atoms with van der Waals surface area (Å²) in [7, 11) is 0. The van der Waals surface area contributed by atoms with Crippen LogP contribution in [0.3, 0.4) is 0 Å². The molecule has 0 heterocycles. The number of hydrogen-bond donors (Lipinski definition) is 2. The molecule has 2 aromatic rings. The highest BCUT2D eigenvalue weighted by molar-refractivity contribution is 6.31. The molecule has 1 aliphatic rings. The molecule has 2 amide bonds. The second kappa shape index (κ2) is 7.87. The molecule has 136 valence electrons. The minimum atomic E-state index is -0.330. The first-order valence-electron chi connectivity index (χ1n) is 8.54. The van der Waals surface area contributed by atoms with E-state index in [1.165, 1.54) is 6.07 Å². The van der Waals surface area contributed by atoms with Gasteiger partial charge in [-0.2, -0.15) is 0 Å². The first-order valence-corrected chi connectivity index (χ1v) is 8.91. The average Bonchev–Trinajstić information content (AvgIpc) is 3.41. The van der Waals surface area contributed by atoms with Gasteiger partial charge in [0.25, 0.3) is 0 Å². The van der Waals surface area contributed by atoms with Gasteiger partial charge in [0.15, 0.2) is 0 Å². The van der Waals surface area contributed by atoms with Crippen LogP contribution in [0.2, 0.25) is 5.02 Å². The monoisotopic (exact) mass is 374 g/mol. The maximum Gasteiger partial charge on any atom is 0.228 e. The van der Waals surface area contributed by atoms with E-state index in [9.17, 15) is 14.0 Å². The molecule has 2 atom stereocenters. The van der Waals surface area contributed by atoms with Gasteiger partial charge >= 0.3 is 0 Å². The molecule has 0 aliphatic heterocycles. The van der Waals surface area contributed by atoms with E-state index >= 15 is 0 Å². The Morgan fingerprint density at radius 3 is 2.62 bits per heavy atom. The van der Waals surface area contributed by atoms with E-state index in [4.69, 9.17) is 11.6 Å². The van der Waals surface area contributed by atoms with Gasteiger partial charge < -0.3 is 10.6 Å². The number of rotatable bonds is 6. The summed E-state index contributed by atoms with van der Waals surface area (Å²) in [4.78, 5) is 24.4. The van der Waals surface area contributed by atoms with Crippen LogP contribution in [-0.2, 0) is 16.0 Å². The number of hydrogen-bond acceptors (Lipinski definition) is 2. The molecule has 2 N–H and O–H groups in total. The Hall–Kier alpha value is -2.40. The maximum absolute atomic E-state index is 13.5. The molecule has 1 aliphatic carbocycles. The van der Waals surface area contributed by atoms with Gasteiger partial charge in [-0.15, -0.1) is 0 Å². The number of benzene rings is 2. The summed E-state index contributed by atoms with van der Waals surface area (Å²) in [6.45, 7) is 2.23. The lowest BCUT2D eigenvalue weighted by Crippen LogP contribution is -2.29. The second-order valence-corrected chi connectivity index (χ2v) is 6.94. The summed E-state index contributed by atoms with van der Waals surface area (Å²) >= 11 is 6.05. The van der Waals surface area contributed by atoms with Crippen molar-refractivity contribution in [3.63, 3.8) is 0 Å². The van der Waals surface area contributed by atoms with Crippen molar-refractivity contribution in [1.29, 1.82) is 0 Å². The van der Waals surface area contributed by atoms with E-state index in [2.05, 4.69) is 10.6 Å². The van der Waals surface area contributed by atoms with Crippen LogP contribution >= 0.6 is 11.6 Å². The molecule has 0 spiro atoms.